The van der Waals surface area contributed by atoms with Crippen molar-refractivity contribution in [3.05, 3.63) is 72.1 Å². The lowest BCUT2D eigenvalue weighted by Crippen LogP contribution is -2.29. The van der Waals surface area contributed by atoms with E-state index in [-0.39, 0.29) is 45.3 Å². The third-order valence-corrected chi connectivity index (χ3v) is 7.76. The predicted octanol–water partition coefficient (Wildman–Crippen LogP) is 5.44. The molecular weight excluding hydrogens is 622 g/mol. The molecule has 12 nitrogen and oxygen atoms in total. The minimum Gasteiger partial charge on any atom is -0.494 e. The van der Waals surface area contributed by atoms with Gasteiger partial charge in [-0.15, -0.1) is 0 Å². The van der Waals surface area contributed by atoms with E-state index < -0.39 is 23.9 Å². The van der Waals surface area contributed by atoms with Crippen molar-refractivity contribution in [3.63, 3.8) is 0 Å². The first kappa shape index (κ1) is 34.0. The second-order valence-corrected chi connectivity index (χ2v) is 11.8. The Kier molecular flexibility index (Phi) is 9.48. The first-order valence-corrected chi connectivity index (χ1v) is 15.2. The topological polar surface area (TPSA) is 127 Å². The summed E-state index contributed by atoms with van der Waals surface area (Å²) in [5.74, 6) is -4.06. The number of hydrogen-bond acceptors (Lipinski definition) is 10. The van der Waals surface area contributed by atoms with Crippen molar-refractivity contribution in [2.45, 2.75) is 25.9 Å². The number of hydrogen-bond donors (Lipinski definition) is 2. The first-order valence-electron chi connectivity index (χ1n) is 15.2. The fourth-order valence-corrected chi connectivity index (χ4v) is 5.48. The third-order valence-electron chi connectivity index (χ3n) is 7.76. The van der Waals surface area contributed by atoms with Crippen LogP contribution in [0.5, 0.6) is 5.75 Å². The normalized spacial score (nSPS) is 12.8. The van der Waals surface area contributed by atoms with Crippen LogP contribution in [0.15, 0.2) is 55.3 Å². The number of nitrogens with zero attached hydrogens (tertiary/aromatic N) is 6. The number of fused-ring (bicyclic) bond motifs is 3. The Morgan fingerprint density at radius 3 is 2.50 bits per heavy atom. The largest absolute Gasteiger partial charge is 0.494 e. The number of likely N-dealkylation sites (N-methyl/N-ethyl adjacent to an activating group) is 2. The predicted molar refractivity (Wildman–Crippen MR) is 180 cm³/mol. The van der Waals surface area contributed by atoms with Crippen LogP contribution < -0.4 is 20.3 Å². The number of esters is 1. The molecule has 0 unspecified atom stereocenters. The maximum Gasteiger partial charge on any atom is 0.342 e. The van der Waals surface area contributed by atoms with Gasteiger partial charge in [-0.25, -0.2) is 14.8 Å². The second kappa shape index (κ2) is 13.4. The van der Waals surface area contributed by atoms with Gasteiger partial charge in [0.25, 0.3) is 0 Å². The molecule has 0 saturated heterocycles. The van der Waals surface area contributed by atoms with Crippen molar-refractivity contribution in [2.24, 2.45) is 7.05 Å². The van der Waals surface area contributed by atoms with E-state index in [2.05, 4.69) is 32.3 Å². The van der Waals surface area contributed by atoms with E-state index in [4.69, 9.17) is 9.47 Å². The smallest absolute Gasteiger partial charge is 0.342 e. The van der Waals surface area contributed by atoms with Gasteiger partial charge in [0, 0.05) is 50.6 Å². The molecule has 0 aliphatic heterocycles. The molecule has 1 aliphatic carbocycles. The number of aryl methyl sites for hydroxylation is 1. The minimum atomic E-state index is -3.32. The van der Waals surface area contributed by atoms with Gasteiger partial charge in [-0.1, -0.05) is 30.8 Å². The number of carbonyl (C=O) groups excluding carboxylic acids is 2. The Morgan fingerprint density at radius 1 is 1.10 bits per heavy atom. The number of amides is 1. The van der Waals surface area contributed by atoms with E-state index >= 15 is 8.78 Å². The number of nitrogens with one attached hydrogen (secondary N) is 2. The molecule has 2 heterocycles. The van der Waals surface area contributed by atoms with Gasteiger partial charge in [-0.2, -0.15) is 13.9 Å². The van der Waals surface area contributed by atoms with Gasteiger partial charge < -0.3 is 29.9 Å². The van der Waals surface area contributed by atoms with Crippen LogP contribution >= 0.6 is 0 Å². The average molecular weight is 661 g/mol. The van der Waals surface area contributed by atoms with Crippen molar-refractivity contribution in [3.8, 4) is 28.3 Å². The van der Waals surface area contributed by atoms with E-state index in [1.54, 1.807) is 44.2 Å². The lowest BCUT2D eigenvalue weighted by molar-refractivity contribution is -0.111. The van der Waals surface area contributed by atoms with Gasteiger partial charge in [0.1, 0.15) is 28.4 Å². The van der Waals surface area contributed by atoms with Crippen LogP contribution in [0.3, 0.4) is 0 Å². The number of aromatic nitrogens is 4. The van der Waals surface area contributed by atoms with E-state index in [0.29, 0.717) is 29.4 Å². The number of alkyl halides is 2. The summed E-state index contributed by atoms with van der Waals surface area (Å²) >= 11 is 0. The molecule has 0 bridgehead atoms. The molecule has 0 atom stereocenters. The van der Waals surface area contributed by atoms with Gasteiger partial charge in [0.2, 0.25) is 11.9 Å². The van der Waals surface area contributed by atoms with Crippen LogP contribution in [0.1, 0.15) is 35.5 Å². The molecule has 1 amide bonds. The fourth-order valence-electron chi connectivity index (χ4n) is 5.48. The Labute approximate surface area is 277 Å². The molecule has 2 aromatic carbocycles. The van der Waals surface area contributed by atoms with Gasteiger partial charge in [-0.05, 0) is 45.6 Å². The van der Waals surface area contributed by atoms with E-state index in [1.165, 1.54) is 26.4 Å². The van der Waals surface area contributed by atoms with E-state index in [0.717, 1.165) is 17.3 Å². The van der Waals surface area contributed by atoms with Gasteiger partial charge >= 0.3 is 11.9 Å². The van der Waals surface area contributed by atoms with Crippen molar-refractivity contribution >= 4 is 34.9 Å². The van der Waals surface area contributed by atoms with Crippen LogP contribution in [0.4, 0.5) is 31.8 Å². The molecule has 2 N–H and O–H groups in total. The number of methoxy groups -OCH3 is 1. The number of benzene rings is 2. The Balaban J connectivity index is 1.65. The zero-order chi connectivity index (χ0) is 34.9. The number of carbonyl (C=O) groups is 2. The van der Waals surface area contributed by atoms with Crippen molar-refractivity contribution in [1.29, 1.82) is 0 Å². The molecular formula is C34H38F2N8O4. The fraction of sp³-hybridized carbons (Fsp3) is 0.324. The summed E-state index contributed by atoms with van der Waals surface area (Å²) in [6, 6.07) is 9.61. The first-order chi connectivity index (χ1) is 22.8. The highest BCUT2D eigenvalue weighted by Crippen LogP contribution is 2.54. The molecule has 1 aliphatic rings. The third kappa shape index (κ3) is 6.43. The summed E-state index contributed by atoms with van der Waals surface area (Å²) < 4.78 is 43.6. The highest BCUT2D eigenvalue weighted by molar-refractivity contribution is 6.02. The van der Waals surface area contributed by atoms with Crippen LogP contribution in [-0.4, -0.2) is 84.0 Å². The Morgan fingerprint density at radius 2 is 1.83 bits per heavy atom. The molecule has 0 spiro atoms. The summed E-state index contributed by atoms with van der Waals surface area (Å²) in [6.45, 7) is 8.35. The molecule has 0 fully saturated rings. The quantitative estimate of drug-likeness (QED) is 0.150. The van der Waals surface area contributed by atoms with Crippen LogP contribution in [0.2, 0.25) is 0 Å². The average Bonchev–Trinajstić information content (AvgIpc) is 3.52. The maximum absolute atomic E-state index is 15.7. The van der Waals surface area contributed by atoms with Gasteiger partial charge in [0.05, 0.1) is 30.3 Å². The van der Waals surface area contributed by atoms with Crippen LogP contribution in [0.25, 0.3) is 22.5 Å². The monoisotopic (exact) mass is 660 g/mol. The summed E-state index contributed by atoms with van der Waals surface area (Å²) in [5, 5.41) is 10.4. The molecule has 0 radical (unpaired) electrons. The SMILES string of the molecule is C=CC(=O)Nc1cc(Nc2ncc(C(=O)OC(C)C)c(-c3nn(C)c4c3-c3ccccc3C4(F)F)n2)c(OC)cc1N(C)CCN(C)C. The zero-order valence-electron chi connectivity index (χ0n) is 27.9. The summed E-state index contributed by atoms with van der Waals surface area (Å²) in [7, 11) is 8.75. The molecule has 48 heavy (non-hydrogen) atoms. The van der Waals surface area contributed by atoms with E-state index in [9.17, 15) is 9.59 Å². The molecule has 2 aromatic heterocycles. The van der Waals surface area contributed by atoms with Crippen LogP contribution in [0, 0.1) is 0 Å². The standard InChI is InChI=1S/C34H38F2N8O4/c1-9-27(45)38-23-16-24(26(47-8)17-25(23)43(6)15-14-42(4)5)39-33-37-18-21(32(46)48-19(2)3)29(40-33)30-28-20-12-10-11-13-22(20)34(35,36)31(28)44(7)41-30/h9-13,16-19H,1,14-15H2,2-8H3,(H,38,45)(H,37,39,40). The summed E-state index contributed by atoms with van der Waals surface area (Å²) in [4.78, 5) is 38.7. The van der Waals surface area contributed by atoms with Crippen molar-refractivity contribution < 1.29 is 27.8 Å². The van der Waals surface area contributed by atoms with Crippen molar-refractivity contribution in [2.75, 3.05) is 56.9 Å². The molecule has 252 valence electrons. The number of ether oxygens (including phenoxy) is 2. The zero-order valence-corrected chi connectivity index (χ0v) is 27.9. The van der Waals surface area contributed by atoms with Gasteiger partial charge in [0.15, 0.2) is 0 Å². The maximum atomic E-state index is 15.7. The Hall–Kier alpha value is -5.37. The van der Waals surface area contributed by atoms with Crippen molar-refractivity contribution in [1.82, 2.24) is 24.6 Å². The highest BCUT2D eigenvalue weighted by atomic mass is 19.3. The second-order valence-electron chi connectivity index (χ2n) is 11.8. The number of halogens is 2. The number of rotatable bonds is 12. The molecule has 5 rings (SSSR count). The van der Waals surface area contributed by atoms with Gasteiger partial charge in [-0.3, -0.25) is 9.48 Å². The minimum absolute atomic E-state index is 0.00157. The van der Waals surface area contributed by atoms with Crippen LogP contribution in [-0.2, 0) is 22.5 Å². The molecule has 4 aromatic rings. The Bertz CT molecular complexity index is 1890. The number of anilines is 4. The summed E-state index contributed by atoms with van der Waals surface area (Å²) in [5.41, 5.74) is 1.53. The lowest BCUT2D eigenvalue weighted by atomic mass is 10.0. The summed E-state index contributed by atoms with van der Waals surface area (Å²) in [6.07, 6.45) is 1.97. The lowest BCUT2D eigenvalue weighted by Gasteiger charge is -2.26. The molecule has 14 heteroatoms. The van der Waals surface area contributed by atoms with E-state index in [1.807, 2.05) is 30.9 Å². The highest BCUT2D eigenvalue weighted by Gasteiger charge is 2.49. The molecule has 0 saturated carbocycles.